The Balaban J connectivity index is 2.35. The monoisotopic (exact) mass is 217 g/mol. The molecule has 0 amide bonds. The molecule has 1 aliphatic heterocycles. The van der Waals surface area contributed by atoms with Crippen molar-refractivity contribution in [3.05, 3.63) is 34.3 Å². The van der Waals surface area contributed by atoms with E-state index in [-0.39, 0.29) is 0 Å². The first-order chi connectivity index (χ1) is 6.25. The number of hydrogen-bond acceptors (Lipinski definition) is 3. The minimum Gasteiger partial charge on any atom is -0.114 e. The van der Waals surface area contributed by atoms with E-state index in [1.165, 1.54) is 0 Å². The lowest BCUT2D eigenvalue weighted by Gasteiger charge is -2.00. The summed E-state index contributed by atoms with van der Waals surface area (Å²) in [6.07, 6.45) is 0. The van der Waals surface area contributed by atoms with Crippen LogP contribution in [0.25, 0.3) is 0 Å². The second-order valence-electron chi connectivity index (χ2n) is 2.68. The molecule has 0 saturated carbocycles. The number of halogens is 1. The first kappa shape index (κ1) is 9.10. The van der Waals surface area contributed by atoms with E-state index in [4.69, 9.17) is 20.6 Å². The summed E-state index contributed by atoms with van der Waals surface area (Å²) >= 11 is 5.80. The topological polar surface area (TPSA) is 35.5 Å². The second kappa shape index (κ2) is 3.72. The Morgan fingerprint density at radius 2 is 1.92 bits per heavy atom. The molecular formula is C8H7ClO3P+. The maximum Gasteiger partial charge on any atom is 0.698 e. The summed E-state index contributed by atoms with van der Waals surface area (Å²) in [5.74, 6) is 0. The lowest BCUT2D eigenvalue weighted by atomic mass is 10.1. The maximum atomic E-state index is 10.9. The van der Waals surface area contributed by atoms with Gasteiger partial charge in [-0.1, -0.05) is 17.7 Å². The summed E-state index contributed by atoms with van der Waals surface area (Å²) in [6.45, 7) is 0.618. The minimum absolute atomic E-state index is 0.297. The molecule has 1 atom stereocenters. The SMILES string of the molecule is O=[P+]1OCc2ccc(Cl)cc2CO1. The van der Waals surface area contributed by atoms with Gasteiger partial charge in [0.05, 0.1) is 0 Å². The van der Waals surface area contributed by atoms with Crippen molar-refractivity contribution in [3.63, 3.8) is 0 Å². The summed E-state index contributed by atoms with van der Waals surface area (Å²) in [6, 6.07) is 5.44. The zero-order valence-corrected chi connectivity index (χ0v) is 8.35. The van der Waals surface area contributed by atoms with Crippen LogP contribution in [0.15, 0.2) is 18.2 Å². The fraction of sp³-hybridized carbons (Fsp3) is 0.250. The highest BCUT2D eigenvalue weighted by Gasteiger charge is 2.25. The molecule has 0 N–H and O–H groups in total. The van der Waals surface area contributed by atoms with E-state index < -0.39 is 8.25 Å². The summed E-state index contributed by atoms with van der Waals surface area (Å²) in [7, 11) is -1.97. The van der Waals surface area contributed by atoms with Gasteiger partial charge in [-0.15, -0.1) is 9.05 Å². The molecule has 0 aromatic heterocycles. The third-order valence-corrected chi connectivity index (χ3v) is 2.73. The van der Waals surface area contributed by atoms with Crippen LogP contribution in [0.3, 0.4) is 0 Å². The van der Waals surface area contributed by atoms with Crippen LogP contribution in [-0.4, -0.2) is 0 Å². The van der Waals surface area contributed by atoms with Gasteiger partial charge in [0.15, 0.2) is 0 Å². The number of rotatable bonds is 0. The molecule has 13 heavy (non-hydrogen) atoms. The lowest BCUT2D eigenvalue weighted by molar-refractivity contribution is 0.229. The van der Waals surface area contributed by atoms with Crippen molar-refractivity contribution >= 4 is 19.9 Å². The average Bonchev–Trinajstić information content (AvgIpc) is 2.29. The largest absolute Gasteiger partial charge is 0.698 e. The van der Waals surface area contributed by atoms with Gasteiger partial charge in [0.2, 0.25) is 0 Å². The zero-order chi connectivity index (χ0) is 9.26. The Kier molecular flexibility index (Phi) is 2.61. The highest BCUT2D eigenvalue weighted by Crippen LogP contribution is 2.33. The molecule has 0 fully saturated rings. The Labute approximate surface area is 81.6 Å². The van der Waals surface area contributed by atoms with Gasteiger partial charge < -0.3 is 0 Å². The summed E-state index contributed by atoms with van der Waals surface area (Å²) < 4.78 is 20.7. The molecule has 2 rings (SSSR count). The highest BCUT2D eigenvalue weighted by molar-refractivity contribution is 7.33. The van der Waals surface area contributed by atoms with Crippen LogP contribution in [0, 0.1) is 0 Å². The van der Waals surface area contributed by atoms with Crippen LogP contribution in [0.1, 0.15) is 11.1 Å². The maximum absolute atomic E-state index is 10.9. The van der Waals surface area contributed by atoms with Crippen molar-refractivity contribution in [1.82, 2.24) is 0 Å². The minimum atomic E-state index is -1.97. The van der Waals surface area contributed by atoms with Crippen LogP contribution >= 0.6 is 19.9 Å². The van der Waals surface area contributed by atoms with E-state index in [2.05, 4.69) is 0 Å². The number of benzene rings is 1. The Bertz CT molecular complexity index is 353. The van der Waals surface area contributed by atoms with Crippen LogP contribution in [0.2, 0.25) is 5.02 Å². The second-order valence-corrected chi connectivity index (χ2v) is 4.08. The molecule has 1 aromatic rings. The summed E-state index contributed by atoms with van der Waals surface area (Å²) in [4.78, 5) is 0. The summed E-state index contributed by atoms with van der Waals surface area (Å²) in [5, 5.41) is 0.652. The first-order valence-electron chi connectivity index (χ1n) is 3.76. The van der Waals surface area contributed by atoms with Crippen molar-refractivity contribution in [2.24, 2.45) is 0 Å². The molecule has 1 aliphatic rings. The molecule has 0 spiro atoms. The Morgan fingerprint density at radius 1 is 1.23 bits per heavy atom. The fourth-order valence-corrected chi connectivity index (χ4v) is 1.91. The van der Waals surface area contributed by atoms with Crippen molar-refractivity contribution in [1.29, 1.82) is 0 Å². The normalized spacial score (nSPS) is 19.3. The smallest absolute Gasteiger partial charge is 0.114 e. The van der Waals surface area contributed by atoms with E-state index in [9.17, 15) is 4.57 Å². The third-order valence-electron chi connectivity index (χ3n) is 1.82. The molecule has 0 saturated heterocycles. The molecule has 1 unspecified atom stereocenters. The van der Waals surface area contributed by atoms with Crippen molar-refractivity contribution in [3.8, 4) is 0 Å². The van der Waals surface area contributed by atoms with Crippen LogP contribution in [0.4, 0.5) is 0 Å². The summed E-state index contributed by atoms with van der Waals surface area (Å²) in [5.41, 5.74) is 1.92. The molecule has 68 valence electrons. The van der Waals surface area contributed by atoms with E-state index in [0.717, 1.165) is 11.1 Å². The third kappa shape index (κ3) is 2.06. The van der Waals surface area contributed by atoms with Gasteiger partial charge >= 0.3 is 8.25 Å². The zero-order valence-electron chi connectivity index (χ0n) is 6.70. The van der Waals surface area contributed by atoms with Gasteiger partial charge in [0.25, 0.3) is 0 Å². The van der Waals surface area contributed by atoms with E-state index in [0.29, 0.717) is 18.2 Å². The molecule has 0 radical (unpaired) electrons. The molecule has 0 aliphatic carbocycles. The quantitative estimate of drug-likeness (QED) is 0.627. The van der Waals surface area contributed by atoms with Gasteiger partial charge in [-0.2, -0.15) is 0 Å². The molecule has 1 aromatic carbocycles. The van der Waals surface area contributed by atoms with Crippen LogP contribution in [0.5, 0.6) is 0 Å². The van der Waals surface area contributed by atoms with E-state index in [1.807, 2.05) is 6.07 Å². The molecular weight excluding hydrogens is 211 g/mol. The number of fused-ring (bicyclic) bond motifs is 1. The number of hydrogen-bond donors (Lipinski definition) is 0. The lowest BCUT2D eigenvalue weighted by Crippen LogP contribution is -1.90. The van der Waals surface area contributed by atoms with Gasteiger partial charge in [0.1, 0.15) is 13.2 Å². The van der Waals surface area contributed by atoms with Crippen LogP contribution in [-0.2, 0) is 26.8 Å². The fourth-order valence-electron chi connectivity index (χ4n) is 1.15. The standard InChI is InChI=1S/C8H7ClO3P/c9-8-2-1-6-4-11-13(10)12-5-7(6)3-8/h1-3H,4-5H2/q+1. The highest BCUT2D eigenvalue weighted by atomic mass is 35.5. The Morgan fingerprint density at radius 3 is 2.69 bits per heavy atom. The first-order valence-corrected chi connectivity index (χ1v) is 5.23. The van der Waals surface area contributed by atoms with Crippen molar-refractivity contribution in [2.45, 2.75) is 13.2 Å². The van der Waals surface area contributed by atoms with Crippen molar-refractivity contribution < 1.29 is 13.6 Å². The van der Waals surface area contributed by atoms with Gasteiger partial charge in [-0.3, -0.25) is 0 Å². The Hall–Kier alpha value is -0.470. The predicted octanol–water partition coefficient (Wildman–Crippen LogP) is 3.04. The molecule has 3 nitrogen and oxygen atoms in total. The van der Waals surface area contributed by atoms with Gasteiger partial charge in [0, 0.05) is 9.59 Å². The van der Waals surface area contributed by atoms with Crippen molar-refractivity contribution in [2.75, 3.05) is 0 Å². The molecule has 1 heterocycles. The average molecular weight is 218 g/mol. The van der Waals surface area contributed by atoms with Crippen LogP contribution < -0.4 is 0 Å². The van der Waals surface area contributed by atoms with E-state index >= 15 is 0 Å². The van der Waals surface area contributed by atoms with E-state index in [1.54, 1.807) is 12.1 Å². The predicted molar refractivity (Wildman–Crippen MR) is 48.6 cm³/mol. The molecule has 0 bridgehead atoms. The van der Waals surface area contributed by atoms with Gasteiger partial charge in [-0.05, 0) is 23.3 Å². The molecule has 5 heteroatoms. The van der Waals surface area contributed by atoms with Gasteiger partial charge in [-0.25, -0.2) is 0 Å².